The van der Waals surface area contributed by atoms with E-state index in [1.54, 1.807) is 6.20 Å². The molecule has 6 nitrogen and oxygen atoms in total. The monoisotopic (exact) mass is 417 g/mol. The molecular weight excluding hydrogens is 394 g/mol. The average molecular weight is 418 g/mol. The zero-order chi connectivity index (χ0) is 21.1. The van der Waals surface area contributed by atoms with Gasteiger partial charge in [0.2, 0.25) is 5.13 Å². The van der Waals surface area contributed by atoms with E-state index in [0.717, 1.165) is 21.7 Å². The SMILES string of the molecule is CC(C)(C)c1nnc(NC(=O)c2ccccc2-c2ccc(Cn3cccn3)cc2)s1. The number of anilines is 1. The summed E-state index contributed by atoms with van der Waals surface area (Å²) in [6.07, 6.45) is 3.71. The van der Waals surface area contributed by atoms with E-state index in [2.05, 4.69) is 53.5 Å². The predicted molar refractivity (Wildman–Crippen MR) is 120 cm³/mol. The maximum atomic E-state index is 13.0. The minimum Gasteiger partial charge on any atom is -0.296 e. The van der Waals surface area contributed by atoms with Crippen molar-refractivity contribution < 1.29 is 4.79 Å². The highest BCUT2D eigenvalue weighted by Crippen LogP contribution is 2.29. The van der Waals surface area contributed by atoms with Gasteiger partial charge in [-0.05, 0) is 28.8 Å². The Morgan fingerprint density at radius 1 is 1.03 bits per heavy atom. The van der Waals surface area contributed by atoms with Crippen molar-refractivity contribution in [2.24, 2.45) is 0 Å². The molecule has 0 atom stereocenters. The van der Waals surface area contributed by atoms with E-state index in [1.165, 1.54) is 11.3 Å². The quantitative estimate of drug-likeness (QED) is 0.496. The fourth-order valence-electron chi connectivity index (χ4n) is 3.04. The summed E-state index contributed by atoms with van der Waals surface area (Å²) >= 11 is 1.41. The molecule has 0 radical (unpaired) electrons. The molecule has 1 amide bonds. The summed E-state index contributed by atoms with van der Waals surface area (Å²) in [5.41, 5.74) is 3.51. The Kier molecular flexibility index (Phi) is 5.46. The van der Waals surface area contributed by atoms with Crippen LogP contribution in [0.2, 0.25) is 0 Å². The first kappa shape index (κ1) is 20.0. The highest BCUT2D eigenvalue weighted by molar-refractivity contribution is 7.15. The lowest BCUT2D eigenvalue weighted by atomic mass is 9.98. The molecule has 2 aromatic heterocycles. The minimum atomic E-state index is -0.192. The lowest BCUT2D eigenvalue weighted by Gasteiger charge is -2.12. The standard InChI is InChI=1S/C23H23N5OS/c1-23(2,3)21-26-27-22(30-21)25-20(29)19-8-5-4-7-18(19)17-11-9-16(10-12-17)15-28-14-6-13-24-28/h4-14H,15H2,1-3H3,(H,25,27,29). The zero-order valence-corrected chi connectivity index (χ0v) is 18.0. The van der Waals surface area contributed by atoms with Crippen LogP contribution in [0.3, 0.4) is 0 Å². The van der Waals surface area contributed by atoms with Gasteiger partial charge in [-0.1, -0.05) is 74.6 Å². The molecule has 4 rings (SSSR count). The number of hydrogen-bond donors (Lipinski definition) is 1. The van der Waals surface area contributed by atoms with Gasteiger partial charge < -0.3 is 0 Å². The highest BCUT2D eigenvalue weighted by atomic mass is 32.1. The molecule has 0 aliphatic carbocycles. The number of benzene rings is 2. The van der Waals surface area contributed by atoms with Crippen molar-refractivity contribution in [1.82, 2.24) is 20.0 Å². The van der Waals surface area contributed by atoms with Crippen LogP contribution in [-0.4, -0.2) is 25.9 Å². The van der Waals surface area contributed by atoms with E-state index in [0.29, 0.717) is 17.2 Å². The summed E-state index contributed by atoms with van der Waals surface area (Å²) in [7, 11) is 0. The van der Waals surface area contributed by atoms with Gasteiger partial charge in [0.1, 0.15) is 5.01 Å². The summed E-state index contributed by atoms with van der Waals surface area (Å²) in [5, 5.41) is 16.9. The van der Waals surface area contributed by atoms with Crippen molar-refractivity contribution in [2.75, 3.05) is 5.32 Å². The van der Waals surface area contributed by atoms with Crippen molar-refractivity contribution in [2.45, 2.75) is 32.7 Å². The van der Waals surface area contributed by atoms with Crippen molar-refractivity contribution in [3.63, 3.8) is 0 Å². The summed E-state index contributed by atoms with van der Waals surface area (Å²) in [6.45, 7) is 6.93. The number of amides is 1. The smallest absolute Gasteiger partial charge is 0.258 e. The number of carbonyl (C=O) groups excluding carboxylic acids is 1. The minimum absolute atomic E-state index is 0.101. The molecule has 0 aliphatic heterocycles. The molecule has 152 valence electrons. The van der Waals surface area contributed by atoms with E-state index in [4.69, 9.17) is 0 Å². The first-order chi connectivity index (χ1) is 14.4. The van der Waals surface area contributed by atoms with Crippen LogP contribution in [-0.2, 0) is 12.0 Å². The van der Waals surface area contributed by atoms with Crippen molar-refractivity contribution >= 4 is 22.4 Å². The van der Waals surface area contributed by atoms with Gasteiger partial charge in [0, 0.05) is 23.4 Å². The third-order valence-corrected chi connectivity index (χ3v) is 5.89. The number of nitrogens with one attached hydrogen (secondary N) is 1. The maximum absolute atomic E-state index is 13.0. The lowest BCUT2D eigenvalue weighted by molar-refractivity contribution is 0.102. The molecule has 1 N–H and O–H groups in total. The topological polar surface area (TPSA) is 72.7 Å². The van der Waals surface area contributed by atoms with Crippen molar-refractivity contribution in [3.8, 4) is 11.1 Å². The molecular formula is C23H23N5OS. The van der Waals surface area contributed by atoms with E-state index in [9.17, 15) is 4.79 Å². The van der Waals surface area contributed by atoms with Crippen molar-refractivity contribution in [1.29, 1.82) is 0 Å². The largest absolute Gasteiger partial charge is 0.296 e. The second kappa shape index (κ2) is 8.20. The molecule has 0 saturated heterocycles. The second-order valence-corrected chi connectivity index (χ2v) is 9.04. The molecule has 0 fully saturated rings. The molecule has 2 heterocycles. The molecule has 0 saturated carbocycles. The molecule has 2 aromatic carbocycles. The van der Waals surface area contributed by atoms with Crippen LogP contribution >= 0.6 is 11.3 Å². The summed E-state index contributed by atoms with van der Waals surface area (Å²) in [4.78, 5) is 13.0. The van der Waals surface area contributed by atoms with Gasteiger partial charge in [-0.25, -0.2) is 0 Å². The summed E-state index contributed by atoms with van der Waals surface area (Å²) in [6, 6.07) is 17.7. The molecule has 0 aliphatic rings. The third-order valence-electron chi connectivity index (χ3n) is 4.63. The third kappa shape index (κ3) is 4.46. The number of rotatable bonds is 5. The zero-order valence-electron chi connectivity index (χ0n) is 17.2. The average Bonchev–Trinajstić information content (AvgIpc) is 3.40. The van der Waals surface area contributed by atoms with E-state index >= 15 is 0 Å². The molecule has 30 heavy (non-hydrogen) atoms. The Labute approximate surface area is 179 Å². The van der Waals surface area contributed by atoms with E-state index < -0.39 is 0 Å². The van der Waals surface area contributed by atoms with Gasteiger partial charge in [-0.2, -0.15) is 5.10 Å². The van der Waals surface area contributed by atoms with Crippen LogP contribution < -0.4 is 5.32 Å². The van der Waals surface area contributed by atoms with Crippen LogP contribution in [0.15, 0.2) is 67.0 Å². The Balaban J connectivity index is 1.55. The summed E-state index contributed by atoms with van der Waals surface area (Å²) in [5.74, 6) is -0.192. The molecule has 0 unspecified atom stereocenters. The van der Waals surface area contributed by atoms with Gasteiger partial charge >= 0.3 is 0 Å². The van der Waals surface area contributed by atoms with Crippen LogP contribution in [0.25, 0.3) is 11.1 Å². The first-order valence-electron chi connectivity index (χ1n) is 9.71. The molecule has 7 heteroatoms. The van der Waals surface area contributed by atoms with Crippen LogP contribution in [0.4, 0.5) is 5.13 Å². The second-order valence-electron chi connectivity index (χ2n) is 8.06. The Morgan fingerprint density at radius 2 is 1.80 bits per heavy atom. The Morgan fingerprint density at radius 3 is 2.47 bits per heavy atom. The van der Waals surface area contributed by atoms with Crippen LogP contribution in [0, 0.1) is 0 Å². The number of nitrogens with zero attached hydrogens (tertiary/aromatic N) is 4. The Bertz CT molecular complexity index is 1140. The lowest BCUT2D eigenvalue weighted by Crippen LogP contribution is -2.13. The van der Waals surface area contributed by atoms with Crippen molar-refractivity contribution in [3.05, 3.63) is 83.1 Å². The highest BCUT2D eigenvalue weighted by Gasteiger charge is 2.21. The normalized spacial score (nSPS) is 11.4. The number of carbonyl (C=O) groups is 1. The predicted octanol–water partition coefficient (Wildman–Crippen LogP) is 5.00. The molecule has 0 bridgehead atoms. The van der Waals surface area contributed by atoms with Gasteiger partial charge in [0.05, 0.1) is 6.54 Å². The number of hydrogen-bond acceptors (Lipinski definition) is 5. The van der Waals surface area contributed by atoms with E-state index in [-0.39, 0.29) is 11.3 Å². The first-order valence-corrected chi connectivity index (χ1v) is 10.5. The summed E-state index contributed by atoms with van der Waals surface area (Å²) < 4.78 is 1.88. The van der Waals surface area contributed by atoms with Gasteiger partial charge in [-0.3, -0.25) is 14.8 Å². The molecule has 4 aromatic rings. The van der Waals surface area contributed by atoms with Gasteiger partial charge in [-0.15, -0.1) is 10.2 Å². The fourth-order valence-corrected chi connectivity index (χ4v) is 3.84. The van der Waals surface area contributed by atoms with E-state index in [1.807, 2.05) is 53.3 Å². The number of aromatic nitrogens is 4. The maximum Gasteiger partial charge on any atom is 0.258 e. The van der Waals surface area contributed by atoms with Gasteiger partial charge in [0.25, 0.3) is 5.91 Å². The van der Waals surface area contributed by atoms with Gasteiger partial charge in [0.15, 0.2) is 0 Å². The van der Waals surface area contributed by atoms with Crippen LogP contribution in [0.1, 0.15) is 41.7 Å². The molecule has 0 spiro atoms. The fraction of sp³-hybridized carbons (Fsp3) is 0.217. The Hall–Kier alpha value is -3.32. The van der Waals surface area contributed by atoms with Crippen LogP contribution in [0.5, 0.6) is 0 Å².